The Balaban J connectivity index is 0.00000264. The van der Waals surface area contributed by atoms with Gasteiger partial charge in [-0.25, -0.2) is 0 Å². The van der Waals surface area contributed by atoms with Gasteiger partial charge in [0.1, 0.15) is 30.5 Å². The van der Waals surface area contributed by atoms with Gasteiger partial charge in [0, 0.05) is 0 Å². The first-order valence-electron chi connectivity index (χ1n) is 6.95. The first-order valence-corrected chi connectivity index (χ1v) is 6.95. The minimum atomic E-state index is -1.62. The third kappa shape index (κ3) is 4.82. The van der Waals surface area contributed by atoms with E-state index in [2.05, 4.69) is 0 Å². The van der Waals surface area contributed by atoms with E-state index in [-0.39, 0.29) is 36.0 Å². The van der Waals surface area contributed by atoms with Crippen LogP contribution in [0, 0.1) is 0 Å². The van der Waals surface area contributed by atoms with E-state index in [0.717, 1.165) is 0 Å². The van der Waals surface area contributed by atoms with E-state index in [9.17, 15) is 25.5 Å². The SMILES string of the molecule is [Na+].[O-][C@@H]1C[C@H](OC2O[C@H](CO)[C@H](O)[C@H](O)[C@H]2O)O[C@H](CO)[C@H]1O. The van der Waals surface area contributed by atoms with E-state index in [0.29, 0.717) is 0 Å². The van der Waals surface area contributed by atoms with Gasteiger partial charge >= 0.3 is 29.6 Å². The zero-order chi connectivity index (χ0) is 16.4. The molecule has 130 valence electrons. The van der Waals surface area contributed by atoms with Crippen molar-refractivity contribution in [1.29, 1.82) is 0 Å². The molecule has 1 unspecified atom stereocenters. The van der Waals surface area contributed by atoms with Crippen molar-refractivity contribution in [2.24, 2.45) is 0 Å². The third-order valence-corrected chi connectivity index (χ3v) is 3.83. The van der Waals surface area contributed by atoms with E-state index in [1.54, 1.807) is 0 Å². The first-order chi connectivity index (χ1) is 10.4. The minimum Gasteiger partial charge on any atom is -0.850 e. The molecule has 0 aliphatic carbocycles. The van der Waals surface area contributed by atoms with Gasteiger partial charge in [-0.1, -0.05) is 6.10 Å². The van der Waals surface area contributed by atoms with Crippen LogP contribution in [0.1, 0.15) is 6.42 Å². The van der Waals surface area contributed by atoms with Gasteiger partial charge in [-0.05, 0) is 6.42 Å². The summed E-state index contributed by atoms with van der Waals surface area (Å²) in [5.74, 6) is 0. The van der Waals surface area contributed by atoms with Gasteiger partial charge in [-0.2, -0.15) is 0 Å². The van der Waals surface area contributed by atoms with Crippen LogP contribution in [-0.2, 0) is 14.2 Å². The summed E-state index contributed by atoms with van der Waals surface area (Å²) in [5, 5.41) is 68.4. The number of aliphatic hydroxyl groups is 6. The van der Waals surface area contributed by atoms with E-state index >= 15 is 0 Å². The molecule has 10 nitrogen and oxygen atoms in total. The molecule has 0 aromatic carbocycles. The van der Waals surface area contributed by atoms with Crippen LogP contribution < -0.4 is 34.7 Å². The normalized spacial score (nSPS) is 47.9. The van der Waals surface area contributed by atoms with Gasteiger partial charge in [-0.3, -0.25) is 0 Å². The van der Waals surface area contributed by atoms with Gasteiger partial charge < -0.3 is 50.0 Å². The Labute approximate surface area is 154 Å². The van der Waals surface area contributed by atoms with Crippen LogP contribution in [0.2, 0.25) is 0 Å². The maximum Gasteiger partial charge on any atom is 1.00 e. The summed E-state index contributed by atoms with van der Waals surface area (Å²) in [7, 11) is 0. The molecular formula is C12H21NaO10. The number of rotatable bonds is 4. The zero-order valence-corrected chi connectivity index (χ0v) is 14.6. The fourth-order valence-corrected chi connectivity index (χ4v) is 2.47. The van der Waals surface area contributed by atoms with Crippen LogP contribution in [0.5, 0.6) is 0 Å². The van der Waals surface area contributed by atoms with Crippen molar-refractivity contribution in [3.8, 4) is 0 Å². The Kier molecular flexibility index (Phi) is 8.79. The average Bonchev–Trinajstić information content (AvgIpc) is 2.51. The Morgan fingerprint density at radius 1 is 0.870 bits per heavy atom. The summed E-state index contributed by atoms with van der Waals surface area (Å²) in [6.07, 6.45) is -12.8. The maximum atomic E-state index is 11.7. The summed E-state index contributed by atoms with van der Waals surface area (Å²) in [6.45, 7) is -1.20. The molecule has 0 aromatic rings. The van der Waals surface area contributed by atoms with Gasteiger partial charge in [0.05, 0.1) is 19.3 Å². The molecule has 2 aliphatic heterocycles. The predicted molar refractivity (Wildman–Crippen MR) is 65.0 cm³/mol. The van der Waals surface area contributed by atoms with Crippen molar-refractivity contribution < 1.29 is 79.5 Å². The molecule has 2 rings (SSSR count). The van der Waals surface area contributed by atoms with Gasteiger partial charge in [-0.15, -0.1) is 0 Å². The number of hydrogen-bond acceptors (Lipinski definition) is 10. The topological polar surface area (TPSA) is 172 Å². The fourth-order valence-electron chi connectivity index (χ4n) is 2.47. The fraction of sp³-hybridized carbons (Fsp3) is 1.00. The van der Waals surface area contributed by atoms with E-state index < -0.39 is 68.5 Å². The smallest absolute Gasteiger partial charge is 0.850 e. The van der Waals surface area contributed by atoms with E-state index in [1.165, 1.54) is 0 Å². The molecule has 11 heteroatoms. The number of aliphatic hydroxyl groups excluding tert-OH is 6. The number of hydrogen-bond donors (Lipinski definition) is 6. The van der Waals surface area contributed by atoms with Crippen molar-refractivity contribution in [2.75, 3.05) is 13.2 Å². The molecule has 23 heavy (non-hydrogen) atoms. The molecule has 2 heterocycles. The molecule has 2 saturated heterocycles. The quantitative estimate of drug-likeness (QED) is 0.268. The first kappa shape index (κ1) is 21.6. The second-order valence-electron chi connectivity index (χ2n) is 5.38. The summed E-state index contributed by atoms with van der Waals surface area (Å²) >= 11 is 0. The standard InChI is InChI=1S/C12H21O10.Na/c13-2-5-8(16)4(15)1-7(20-5)22-12-11(19)10(18)9(17)6(3-14)21-12;/h4-14,16-19H,1-3H2;/q-1;+1/t4-,5-,6-,7+,8+,9+,10+,11-,12?;/m1./s1. The van der Waals surface area contributed by atoms with Crippen LogP contribution in [0.4, 0.5) is 0 Å². The van der Waals surface area contributed by atoms with Crippen LogP contribution in [0.15, 0.2) is 0 Å². The molecule has 0 radical (unpaired) electrons. The maximum absolute atomic E-state index is 11.7. The summed E-state index contributed by atoms with van der Waals surface area (Å²) in [6, 6.07) is 0. The average molecular weight is 348 g/mol. The zero-order valence-electron chi connectivity index (χ0n) is 12.6. The van der Waals surface area contributed by atoms with Gasteiger partial charge in [0.2, 0.25) is 0 Å². The predicted octanol–water partition coefficient (Wildman–Crippen LogP) is -8.00. The Bertz CT molecular complexity index is 359. The molecule has 0 bridgehead atoms. The molecule has 9 atom stereocenters. The largest absolute Gasteiger partial charge is 1.00 e. The molecule has 0 saturated carbocycles. The molecule has 0 spiro atoms. The second-order valence-corrected chi connectivity index (χ2v) is 5.38. The van der Waals surface area contributed by atoms with Crippen molar-refractivity contribution >= 4 is 0 Å². The monoisotopic (exact) mass is 348 g/mol. The van der Waals surface area contributed by atoms with Crippen molar-refractivity contribution in [3.63, 3.8) is 0 Å². The van der Waals surface area contributed by atoms with Crippen molar-refractivity contribution in [2.45, 2.75) is 61.7 Å². The van der Waals surface area contributed by atoms with Crippen LogP contribution >= 0.6 is 0 Å². The summed E-state index contributed by atoms with van der Waals surface area (Å²) in [5.41, 5.74) is 0. The van der Waals surface area contributed by atoms with Crippen LogP contribution in [0.25, 0.3) is 0 Å². The van der Waals surface area contributed by atoms with Crippen LogP contribution in [0.3, 0.4) is 0 Å². The van der Waals surface area contributed by atoms with Crippen molar-refractivity contribution in [3.05, 3.63) is 0 Å². The molecule has 2 aliphatic rings. The second kappa shape index (κ2) is 9.34. The Hall–Kier alpha value is 0.600. The third-order valence-electron chi connectivity index (χ3n) is 3.83. The minimum absolute atomic E-state index is 0. The number of ether oxygens (including phenoxy) is 3. The molecule has 0 aromatic heterocycles. The van der Waals surface area contributed by atoms with E-state index in [1.807, 2.05) is 0 Å². The Morgan fingerprint density at radius 2 is 1.43 bits per heavy atom. The molecular weight excluding hydrogens is 327 g/mol. The molecule has 6 N–H and O–H groups in total. The van der Waals surface area contributed by atoms with Gasteiger partial charge in [0.15, 0.2) is 12.6 Å². The van der Waals surface area contributed by atoms with Crippen molar-refractivity contribution in [1.82, 2.24) is 0 Å². The van der Waals surface area contributed by atoms with Crippen LogP contribution in [-0.4, -0.2) is 99.2 Å². The summed E-state index contributed by atoms with van der Waals surface area (Å²) in [4.78, 5) is 0. The summed E-state index contributed by atoms with van der Waals surface area (Å²) < 4.78 is 15.6. The molecule has 0 amide bonds. The van der Waals surface area contributed by atoms with E-state index in [4.69, 9.17) is 24.4 Å². The Morgan fingerprint density at radius 3 is 2.00 bits per heavy atom. The molecule has 2 fully saturated rings. The van der Waals surface area contributed by atoms with Gasteiger partial charge in [0.25, 0.3) is 0 Å².